The molecule has 1 aromatic rings. The van der Waals surface area contributed by atoms with Gasteiger partial charge >= 0.3 is 5.97 Å². The highest BCUT2D eigenvalue weighted by Gasteiger charge is 2.19. The minimum absolute atomic E-state index is 0.480. The quantitative estimate of drug-likeness (QED) is 0.814. The first-order valence-corrected chi connectivity index (χ1v) is 6.29. The van der Waals surface area contributed by atoms with Crippen molar-refractivity contribution in [3.05, 3.63) is 34.3 Å². The number of nitrogens with zero attached hydrogens (tertiary/aromatic N) is 1. The van der Waals surface area contributed by atoms with Gasteiger partial charge in [0.05, 0.1) is 12.0 Å². The van der Waals surface area contributed by atoms with E-state index >= 15 is 0 Å². The zero-order chi connectivity index (χ0) is 12.7. The summed E-state index contributed by atoms with van der Waals surface area (Å²) < 4.78 is 0.887. The summed E-state index contributed by atoms with van der Waals surface area (Å²) in [6.45, 7) is 0. The van der Waals surface area contributed by atoms with Crippen LogP contribution in [0, 0.1) is 11.3 Å². The van der Waals surface area contributed by atoms with Gasteiger partial charge in [-0.1, -0.05) is 34.5 Å². The van der Waals surface area contributed by atoms with Crippen LogP contribution in [0.3, 0.4) is 0 Å². The molecule has 1 N–H and O–H groups in total. The summed E-state index contributed by atoms with van der Waals surface area (Å²) in [6, 6.07) is 9.44. The molecule has 0 fully saturated rings. The Bertz CT molecular complexity index is 426. The molecule has 0 spiro atoms. The number of halogens is 1. The van der Waals surface area contributed by atoms with Crippen LogP contribution < -0.4 is 0 Å². The van der Waals surface area contributed by atoms with E-state index in [1.807, 2.05) is 24.3 Å². The van der Waals surface area contributed by atoms with Crippen molar-refractivity contribution < 1.29 is 9.90 Å². The van der Waals surface area contributed by atoms with Gasteiger partial charge < -0.3 is 5.11 Å². The number of nitriles is 1. The highest BCUT2D eigenvalue weighted by molar-refractivity contribution is 9.10. The van der Waals surface area contributed by atoms with Crippen molar-refractivity contribution in [1.29, 1.82) is 5.26 Å². The normalized spacial score (nSPS) is 11.8. The first-order chi connectivity index (χ1) is 8.15. The Kier molecular flexibility index (Phi) is 5.71. The number of rotatable bonds is 6. The Labute approximate surface area is 109 Å². The van der Waals surface area contributed by atoms with Crippen molar-refractivity contribution >= 4 is 21.9 Å². The summed E-state index contributed by atoms with van der Waals surface area (Å²) in [7, 11) is 0. The van der Waals surface area contributed by atoms with Crippen molar-refractivity contribution in [2.45, 2.75) is 31.6 Å². The summed E-state index contributed by atoms with van der Waals surface area (Å²) in [5.41, 5.74) is 0.809. The third-order valence-electron chi connectivity index (χ3n) is 2.58. The maximum absolute atomic E-state index is 11.2. The van der Waals surface area contributed by atoms with E-state index in [0.29, 0.717) is 12.8 Å². The number of hydrogen-bond acceptors (Lipinski definition) is 2. The fraction of sp³-hybridized carbons (Fsp3) is 0.385. The molecule has 0 saturated carbocycles. The monoisotopic (exact) mass is 295 g/mol. The molecular formula is C13H14BrNO2. The minimum Gasteiger partial charge on any atom is -0.481 e. The van der Waals surface area contributed by atoms with Gasteiger partial charge in [0.1, 0.15) is 0 Å². The van der Waals surface area contributed by atoms with Crippen LogP contribution >= 0.6 is 15.9 Å². The predicted molar refractivity (Wildman–Crippen MR) is 68.6 cm³/mol. The Morgan fingerprint density at radius 2 is 2.24 bits per heavy atom. The molecule has 0 saturated heterocycles. The average molecular weight is 296 g/mol. The maximum atomic E-state index is 11.2. The van der Waals surface area contributed by atoms with Crippen LogP contribution in [0.5, 0.6) is 0 Å². The van der Waals surface area contributed by atoms with Crippen LogP contribution in [-0.2, 0) is 4.79 Å². The van der Waals surface area contributed by atoms with Crippen molar-refractivity contribution in [1.82, 2.24) is 0 Å². The molecule has 1 rings (SSSR count). The smallest absolute Gasteiger partial charge is 0.310 e. The molecule has 90 valence electrons. The van der Waals surface area contributed by atoms with Crippen LogP contribution in [0.4, 0.5) is 0 Å². The summed E-state index contributed by atoms with van der Waals surface area (Å²) in [6.07, 6.45) is 2.59. The second-order valence-electron chi connectivity index (χ2n) is 3.85. The van der Waals surface area contributed by atoms with Crippen LogP contribution in [0.1, 0.15) is 37.2 Å². The van der Waals surface area contributed by atoms with E-state index in [1.165, 1.54) is 0 Å². The van der Waals surface area contributed by atoms with Crippen LogP contribution in [-0.4, -0.2) is 11.1 Å². The lowest BCUT2D eigenvalue weighted by atomic mass is 9.93. The second-order valence-corrected chi connectivity index (χ2v) is 4.77. The van der Waals surface area contributed by atoms with E-state index in [9.17, 15) is 9.90 Å². The van der Waals surface area contributed by atoms with Crippen LogP contribution in [0.15, 0.2) is 28.7 Å². The Morgan fingerprint density at radius 3 is 2.82 bits per heavy atom. The summed E-state index contributed by atoms with van der Waals surface area (Å²) >= 11 is 3.34. The zero-order valence-corrected chi connectivity index (χ0v) is 11.0. The number of hydrogen-bond donors (Lipinski definition) is 1. The van der Waals surface area contributed by atoms with Gasteiger partial charge in [-0.2, -0.15) is 5.26 Å². The first kappa shape index (κ1) is 13.7. The average Bonchev–Trinajstić information content (AvgIpc) is 2.28. The summed E-state index contributed by atoms with van der Waals surface area (Å²) in [5.74, 6) is -1.29. The van der Waals surface area contributed by atoms with E-state index in [4.69, 9.17) is 5.26 Å². The van der Waals surface area contributed by atoms with Gasteiger partial charge in [0, 0.05) is 10.9 Å². The van der Waals surface area contributed by atoms with E-state index in [1.54, 1.807) is 0 Å². The van der Waals surface area contributed by atoms with Crippen molar-refractivity contribution in [2.24, 2.45) is 0 Å². The molecule has 0 aliphatic rings. The Hall–Kier alpha value is -1.34. The number of benzene rings is 1. The van der Waals surface area contributed by atoms with E-state index in [-0.39, 0.29) is 0 Å². The maximum Gasteiger partial charge on any atom is 0.310 e. The standard InChI is InChI=1S/C13H14BrNO2/c14-11-6-4-5-10(9-11)12(13(16)17)7-2-1-3-8-15/h4-6,9,12H,1-3,7H2,(H,16,17). The van der Waals surface area contributed by atoms with Crippen LogP contribution in [0.2, 0.25) is 0 Å². The number of carboxylic acids is 1. The van der Waals surface area contributed by atoms with Gasteiger partial charge in [-0.3, -0.25) is 4.79 Å². The zero-order valence-electron chi connectivity index (χ0n) is 9.40. The third kappa shape index (κ3) is 4.58. The van der Waals surface area contributed by atoms with Crippen LogP contribution in [0.25, 0.3) is 0 Å². The first-order valence-electron chi connectivity index (χ1n) is 5.50. The van der Waals surface area contributed by atoms with E-state index in [0.717, 1.165) is 22.9 Å². The molecule has 0 radical (unpaired) electrons. The molecule has 0 amide bonds. The van der Waals surface area contributed by atoms with Gasteiger partial charge in [0.15, 0.2) is 0 Å². The topological polar surface area (TPSA) is 61.1 Å². The summed E-state index contributed by atoms with van der Waals surface area (Å²) in [5, 5.41) is 17.6. The predicted octanol–water partition coefficient (Wildman–Crippen LogP) is 3.70. The lowest BCUT2D eigenvalue weighted by molar-refractivity contribution is -0.139. The van der Waals surface area contributed by atoms with Gasteiger partial charge in [-0.25, -0.2) is 0 Å². The van der Waals surface area contributed by atoms with Gasteiger partial charge in [0.25, 0.3) is 0 Å². The highest BCUT2D eigenvalue weighted by atomic mass is 79.9. The molecule has 1 atom stereocenters. The molecule has 1 aromatic carbocycles. The van der Waals surface area contributed by atoms with Gasteiger partial charge in [-0.15, -0.1) is 0 Å². The molecule has 3 nitrogen and oxygen atoms in total. The van der Waals surface area contributed by atoms with Crippen molar-refractivity contribution in [3.8, 4) is 6.07 Å². The van der Waals surface area contributed by atoms with E-state index < -0.39 is 11.9 Å². The van der Waals surface area contributed by atoms with Gasteiger partial charge in [0.2, 0.25) is 0 Å². The molecule has 0 aliphatic heterocycles. The SMILES string of the molecule is N#CCCCCC(C(=O)O)c1cccc(Br)c1. The van der Waals surface area contributed by atoms with Gasteiger partial charge in [-0.05, 0) is 30.5 Å². The molecular weight excluding hydrogens is 282 g/mol. The Balaban J connectivity index is 2.66. The molecule has 0 heterocycles. The molecule has 17 heavy (non-hydrogen) atoms. The fourth-order valence-electron chi connectivity index (χ4n) is 1.71. The molecule has 0 bridgehead atoms. The third-order valence-corrected chi connectivity index (χ3v) is 3.07. The summed E-state index contributed by atoms with van der Waals surface area (Å²) in [4.78, 5) is 11.2. The van der Waals surface area contributed by atoms with Crippen molar-refractivity contribution in [3.63, 3.8) is 0 Å². The fourth-order valence-corrected chi connectivity index (χ4v) is 2.13. The molecule has 0 aromatic heterocycles. The molecule has 0 aliphatic carbocycles. The van der Waals surface area contributed by atoms with E-state index in [2.05, 4.69) is 22.0 Å². The second kappa shape index (κ2) is 7.08. The number of unbranched alkanes of at least 4 members (excludes halogenated alkanes) is 2. The lowest BCUT2D eigenvalue weighted by Crippen LogP contribution is -2.11. The lowest BCUT2D eigenvalue weighted by Gasteiger charge is -2.12. The number of carboxylic acid groups (broad SMARTS) is 1. The Morgan fingerprint density at radius 1 is 1.47 bits per heavy atom. The molecule has 4 heteroatoms. The number of aliphatic carboxylic acids is 1. The van der Waals surface area contributed by atoms with Crippen molar-refractivity contribution in [2.75, 3.05) is 0 Å². The largest absolute Gasteiger partial charge is 0.481 e. The molecule has 1 unspecified atom stereocenters. The highest BCUT2D eigenvalue weighted by Crippen LogP contribution is 2.25. The number of carbonyl (C=O) groups is 1. The minimum atomic E-state index is -0.806.